The van der Waals surface area contributed by atoms with Gasteiger partial charge in [-0.1, -0.05) is 0 Å². The van der Waals surface area contributed by atoms with Gasteiger partial charge in [-0.2, -0.15) is 0 Å². The van der Waals surface area contributed by atoms with Crippen molar-refractivity contribution in [2.24, 2.45) is 0 Å². The topological polar surface area (TPSA) is 52.6 Å². The largest absolute Gasteiger partial charge is 2.00 e. The molecule has 0 aromatic carbocycles. The summed E-state index contributed by atoms with van der Waals surface area (Å²) in [5, 5.41) is 0. The Hall–Kier alpha value is -0.294. The molecule has 0 unspecified atom stereocenters. The predicted molar refractivity (Wildman–Crippen MR) is 36.6 cm³/mol. The third-order valence-electron chi connectivity index (χ3n) is 0.744. The van der Waals surface area contributed by atoms with Crippen molar-refractivity contribution in [2.45, 2.75) is 6.42 Å². The summed E-state index contributed by atoms with van der Waals surface area (Å²) >= 11 is 0. The van der Waals surface area contributed by atoms with E-state index in [0.717, 1.165) is 0 Å². The molecule has 0 heterocycles. The average molecular weight is 158 g/mol. The van der Waals surface area contributed by atoms with Crippen LogP contribution in [0.3, 0.4) is 0 Å². The molecular formula is C5H10MgO4. The van der Waals surface area contributed by atoms with Crippen LogP contribution < -0.4 is 0 Å². The van der Waals surface area contributed by atoms with E-state index in [4.69, 9.17) is 0 Å². The van der Waals surface area contributed by atoms with Gasteiger partial charge in [0.15, 0.2) is 0 Å². The molecule has 0 N–H and O–H groups in total. The zero-order valence-electron chi connectivity index (χ0n) is 8.05. The molecule has 0 saturated heterocycles. The van der Waals surface area contributed by atoms with Gasteiger partial charge in [-0.3, -0.25) is 9.59 Å². The van der Waals surface area contributed by atoms with Crippen molar-refractivity contribution in [3.63, 3.8) is 0 Å². The molecule has 0 spiro atoms. The summed E-state index contributed by atoms with van der Waals surface area (Å²) in [7, 11) is 2.43. The molecule has 0 aliphatic heterocycles. The van der Waals surface area contributed by atoms with E-state index in [1.54, 1.807) is 0 Å². The Morgan fingerprint density at radius 1 is 1.20 bits per heavy atom. The zero-order valence-corrected chi connectivity index (χ0v) is 7.46. The van der Waals surface area contributed by atoms with Gasteiger partial charge in [-0.25, -0.2) is 0 Å². The molecule has 0 amide bonds. The molecule has 0 bridgehead atoms. The Kier molecular flexibility index (Phi) is 8.45. The van der Waals surface area contributed by atoms with Gasteiger partial charge in [-0.15, -0.1) is 0 Å². The molecule has 0 rings (SSSR count). The first kappa shape index (κ1) is 12.4. The fraction of sp³-hybridized carbons (Fsp3) is 0.600. The molecule has 0 saturated carbocycles. The molecule has 0 aliphatic carbocycles. The summed E-state index contributed by atoms with van der Waals surface area (Å²) in [6.07, 6.45) is -0.312. The number of methoxy groups -OCH3 is 2. The van der Waals surface area contributed by atoms with Crippen LogP contribution in [-0.4, -0.2) is 49.2 Å². The standard InChI is InChI=1S/C5H8O4.Mg.2H/c1-8-4(6)3-5(7)9-2;;;/h3H2,1-2H3;;;/q;+2;2*-1. The van der Waals surface area contributed by atoms with Crippen LogP contribution in [0.25, 0.3) is 0 Å². The van der Waals surface area contributed by atoms with Crippen molar-refractivity contribution in [1.29, 1.82) is 0 Å². The van der Waals surface area contributed by atoms with E-state index in [0.29, 0.717) is 0 Å². The molecule has 0 aromatic heterocycles. The van der Waals surface area contributed by atoms with Gasteiger partial charge in [0.2, 0.25) is 0 Å². The maximum Gasteiger partial charge on any atom is 2.00 e. The van der Waals surface area contributed by atoms with E-state index < -0.39 is 11.9 Å². The third-order valence-corrected chi connectivity index (χ3v) is 0.744. The molecule has 0 aliphatic rings. The first-order chi connectivity index (χ1) is 4.20. The van der Waals surface area contributed by atoms with Crippen LogP contribution in [0, 0.1) is 0 Å². The summed E-state index contributed by atoms with van der Waals surface area (Å²) in [5.74, 6) is -1.16. The second-order valence-corrected chi connectivity index (χ2v) is 1.33. The number of ether oxygens (including phenoxy) is 2. The number of hydrogen-bond acceptors (Lipinski definition) is 4. The predicted octanol–water partition coefficient (Wildman–Crippen LogP) is -0.433. The molecular weight excluding hydrogens is 148 g/mol. The van der Waals surface area contributed by atoms with Gasteiger partial charge < -0.3 is 12.3 Å². The maximum absolute atomic E-state index is 10.3. The fourth-order valence-electron chi connectivity index (χ4n) is 0.262. The molecule has 56 valence electrons. The summed E-state index contributed by atoms with van der Waals surface area (Å²) in [6.45, 7) is 0. The molecule has 0 atom stereocenters. The van der Waals surface area contributed by atoms with Crippen molar-refractivity contribution in [2.75, 3.05) is 14.2 Å². The van der Waals surface area contributed by atoms with Crippen LogP contribution in [0.4, 0.5) is 0 Å². The van der Waals surface area contributed by atoms with Crippen LogP contribution in [0.1, 0.15) is 9.27 Å². The van der Waals surface area contributed by atoms with Gasteiger partial charge in [0.05, 0.1) is 14.2 Å². The van der Waals surface area contributed by atoms with Crippen molar-refractivity contribution in [3.05, 3.63) is 0 Å². The molecule has 0 fully saturated rings. The van der Waals surface area contributed by atoms with Crippen LogP contribution in [0.5, 0.6) is 0 Å². The quantitative estimate of drug-likeness (QED) is 0.311. The number of hydrogen-bond donors (Lipinski definition) is 0. The van der Waals surface area contributed by atoms with E-state index >= 15 is 0 Å². The Balaban J connectivity index is -0.000000107. The molecule has 10 heavy (non-hydrogen) atoms. The molecule has 5 heteroatoms. The summed E-state index contributed by atoms with van der Waals surface area (Å²) in [4.78, 5) is 20.5. The number of carbonyl (C=O) groups is 2. The summed E-state index contributed by atoms with van der Waals surface area (Å²) in [6, 6.07) is 0. The SMILES string of the molecule is COC(=O)CC(=O)OC.[H-].[H-].[Mg+2]. The normalized spacial score (nSPS) is 7.40. The summed E-state index contributed by atoms with van der Waals surface area (Å²) < 4.78 is 8.37. The molecule has 4 nitrogen and oxygen atoms in total. The van der Waals surface area contributed by atoms with E-state index in [1.165, 1.54) is 14.2 Å². The van der Waals surface area contributed by atoms with E-state index in [1.807, 2.05) is 0 Å². The zero-order chi connectivity index (χ0) is 7.28. The van der Waals surface area contributed by atoms with E-state index in [2.05, 4.69) is 9.47 Å². The number of rotatable bonds is 2. The molecule has 0 radical (unpaired) electrons. The van der Waals surface area contributed by atoms with Crippen LogP contribution in [-0.2, 0) is 19.1 Å². The van der Waals surface area contributed by atoms with Gasteiger partial charge in [0.25, 0.3) is 0 Å². The second kappa shape index (κ2) is 6.82. The minimum atomic E-state index is -0.582. The smallest absolute Gasteiger partial charge is 1.00 e. The van der Waals surface area contributed by atoms with Gasteiger partial charge in [0, 0.05) is 0 Å². The maximum atomic E-state index is 10.3. The third kappa shape index (κ3) is 5.84. The van der Waals surface area contributed by atoms with Crippen LogP contribution >= 0.6 is 0 Å². The van der Waals surface area contributed by atoms with Gasteiger partial charge >= 0.3 is 35.0 Å². The Morgan fingerprint density at radius 2 is 1.50 bits per heavy atom. The minimum absolute atomic E-state index is 0. The van der Waals surface area contributed by atoms with Crippen LogP contribution in [0.2, 0.25) is 0 Å². The summed E-state index contributed by atoms with van der Waals surface area (Å²) in [5.41, 5.74) is 0. The Morgan fingerprint density at radius 3 is 1.70 bits per heavy atom. The fourth-order valence-corrected chi connectivity index (χ4v) is 0.262. The first-order valence-electron chi connectivity index (χ1n) is 2.34. The van der Waals surface area contributed by atoms with E-state index in [-0.39, 0.29) is 32.3 Å². The second-order valence-electron chi connectivity index (χ2n) is 1.33. The molecule has 0 aromatic rings. The Bertz CT molecular complexity index is 117. The van der Waals surface area contributed by atoms with Gasteiger partial charge in [-0.05, 0) is 0 Å². The van der Waals surface area contributed by atoms with E-state index in [9.17, 15) is 9.59 Å². The van der Waals surface area contributed by atoms with Crippen molar-refractivity contribution >= 4 is 35.0 Å². The minimum Gasteiger partial charge on any atom is -1.00 e. The number of esters is 2. The van der Waals surface area contributed by atoms with Crippen molar-refractivity contribution in [3.8, 4) is 0 Å². The van der Waals surface area contributed by atoms with Crippen LogP contribution in [0.15, 0.2) is 0 Å². The monoisotopic (exact) mass is 158 g/mol. The first-order valence-corrected chi connectivity index (χ1v) is 2.34. The Labute approximate surface area is 78.0 Å². The van der Waals surface area contributed by atoms with Crippen molar-refractivity contribution < 1.29 is 21.9 Å². The van der Waals surface area contributed by atoms with Crippen molar-refractivity contribution in [1.82, 2.24) is 0 Å². The van der Waals surface area contributed by atoms with Gasteiger partial charge in [0.1, 0.15) is 6.42 Å². The number of carbonyl (C=O) groups excluding carboxylic acids is 2. The average Bonchev–Trinajstić information content (AvgIpc) is 1.87.